The Hall–Kier alpha value is -3.22. The summed E-state index contributed by atoms with van der Waals surface area (Å²) in [5.74, 6) is -1.09. The van der Waals surface area contributed by atoms with E-state index >= 15 is 0 Å². The molecule has 25 heavy (non-hydrogen) atoms. The minimum absolute atomic E-state index is 0.0831. The molecule has 1 aliphatic rings. The van der Waals surface area contributed by atoms with E-state index in [4.69, 9.17) is 0 Å². The van der Waals surface area contributed by atoms with Crippen molar-refractivity contribution in [3.63, 3.8) is 0 Å². The molecule has 0 spiro atoms. The SMILES string of the molecule is O=C(NCCN1C(=O)c2ccccc2C1=O)NCc1cccc(F)c1. The molecule has 2 aromatic carbocycles. The van der Waals surface area contributed by atoms with E-state index < -0.39 is 6.03 Å². The molecule has 0 aromatic heterocycles. The van der Waals surface area contributed by atoms with Gasteiger partial charge in [-0.15, -0.1) is 0 Å². The van der Waals surface area contributed by atoms with E-state index in [1.807, 2.05) is 0 Å². The molecule has 128 valence electrons. The maximum Gasteiger partial charge on any atom is 0.315 e. The lowest BCUT2D eigenvalue weighted by molar-refractivity contribution is 0.0656. The summed E-state index contributed by atoms with van der Waals surface area (Å²) >= 11 is 0. The van der Waals surface area contributed by atoms with Crippen LogP contribution in [-0.4, -0.2) is 35.8 Å². The number of imide groups is 1. The molecule has 2 aromatic rings. The van der Waals surface area contributed by atoms with Crippen molar-refractivity contribution in [2.45, 2.75) is 6.54 Å². The molecule has 1 aliphatic heterocycles. The third kappa shape index (κ3) is 3.65. The lowest BCUT2D eigenvalue weighted by Gasteiger charge is -2.14. The zero-order valence-electron chi connectivity index (χ0n) is 13.3. The fourth-order valence-corrected chi connectivity index (χ4v) is 2.62. The normalized spacial score (nSPS) is 12.9. The summed E-state index contributed by atoms with van der Waals surface area (Å²) in [6, 6.07) is 12.1. The Kier molecular flexibility index (Phi) is 4.74. The van der Waals surface area contributed by atoms with Crippen LogP contribution < -0.4 is 10.6 Å². The Morgan fingerprint density at radius 2 is 1.64 bits per heavy atom. The Morgan fingerprint density at radius 1 is 0.960 bits per heavy atom. The number of hydrogen-bond donors (Lipinski definition) is 2. The van der Waals surface area contributed by atoms with Crippen molar-refractivity contribution in [2.75, 3.05) is 13.1 Å². The topological polar surface area (TPSA) is 78.5 Å². The minimum atomic E-state index is -0.458. The predicted octanol–water partition coefficient (Wildman–Crippen LogP) is 1.92. The van der Waals surface area contributed by atoms with Crippen molar-refractivity contribution in [2.24, 2.45) is 0 Å². The third-order valence-electron chi connectivity index (χ3n) is 3.84. The van der Waals surface area contributed by atoms with Crippen LogP contribution in [-0.2, 0) is 6.54 Å². The summed E-state index contributed by atoms with van der Waals surface area (Å²) in [6.07, 6.45) is 0. The predicted molar refractivity (Wildman–Crippen MR) is 88.4 cm³/mol. The zero-order valence-corrected chi connectivity index (χ0v) is 13.3. The quantitative estimate of drug-likeness (QED) is 0.816. The summed E-state index contributed by atoms with van der Waals surface area (Å²) in [5, 5.41) is 5.16. The molecule has 4 amide bonds. The van der Waals surface area contributed by atoms with Crippen LogP contribution in [0.2, 0.25) is 0 Å². The van der Waals surface area contributed by atoms with Gasteiger partial charge in [-0.3, -0.25) is 14.5 Å². The van der Waals surface area contributed by atoms with Crippen molar-refractivity contribution < 1.29 is 18.8 Å². The lowest BCUT2D eigenvalue weighted by Crippen LogP contribution is -2.41. The molecule has 0 aliphatic carbocycles. The van der Waals surface area contributed by atoms with E-state index in [2.05, 4.69) is 10.6 Å². The van der Waals surface area contributed by atoms with Crippen molar-refractivity contribution in [3.05, 3.63) is 71.0 Å². The average Bonchev–Trinajstić information content (AvgIpc) is 2.85. The second kappa shape index (κ2) is 7.12. The van der Waals surface area contributed by atoms with Crippen LogP contribution in [0.25, 0.3) is 0 Å². The molecular weight excluding hydrogens is 325 g/mol. The van der Waals surface area contributed by atoms with Crippen LogP contribution in [0.3, 0.4) is 0 Å². The molecule has 0 atom stereocenters. The van der Waals surface area contributed by atoms with Gasteiger partial charge in [0.15, 0.2) is 0 Å². The first kappa shape index (κ1) is 16.6. The first-order valence-electron chi connectivity index (χ1n) is 7.77. The van der Waals surface area contributed by atoms with Gasteiger partial charge in [0.2, 0.25) is 0 Å². The number of nitrogens with one attached hydrogen (secondary N) is 2. The largest absolute Gasteiger partial charge is 0.336 e. The average molecular weight is 341 g/mol. The van der Waals surface area contributed by atoms with E-state index in [1.165, 1.54) is 12.1 Å². The van der Waals surface area contributed by atoms with Crippen LogP contribution >= 0.6 is 0 Å². The van der Waals surface area contributed by atoms with Gasteiger partial charge in [-0.1, -0.05) is 24.3 Å². The van der Waals surface area contributed by atoms with E-state index in [9.17, 15) is 18.8 Å². The number of benzene rings is 2. The number of nitrogens with zero attached hydrogens (tertiary/aromatic N) is 1. The molecule has 2 N–H and O–H groups in total. The molecular formula is C18H16FN3O3. The second-order valence-corrected chi connectivity index (χ2v) is 5.55. The highest BCUT2D eigenvalue weighted by Gasteiger charge is 2.34. The van der Waals surface area contributed by atoms with E-state index in [1.54, 1.807) is 36.4 Å². The summed E-state index contributed by atoms with van der Waals surface area (Å²) in [4.78, 5) is 37.2. The Labute approximate surface area is 143 Å². The molecule has 0 radical (unpaired) electrons. The number of urea groups is 1. The number of amides is 4. The fraction of sp³-hybridized carbons (Fsp3) is 0.167. The zero-order chi connectivity index (χ0) is 17.8. The highest BCUT2D eigenvalue weighted by atomic mass is 19.1. The molecule has 0 bridgehead atoms. The van der Waals surface area contributed by atoms with E-state index in [0.717, 1.165) is 4.90 Å². The van der Waals surface area contributed by atoms with E-state index in [0.29, 0.717) is 16.7 Å². The molecule has 0 unspecified atom stereocenters. The summed E-state index contributed by atoms with van der Waals surface area (Å²) in [7, 11) is 0. The molecule has 0 fully saturated rings. The van der Waals surface area contributed by atoms with E-state index in [-0.39, 0.29) is 37.3 Å². The van der Waals surface area contributed by atoms with Gasteiger partial charge < -0.3 is 10.6 Å². The standard InChI is InChI=1S/C18H16FN3O3/c19-13-5-3-4-12(10-13)11-21-18(25)20-8-9-22-16(23)14-6-1-2-7-15(14)17(22)24/h1-7,10H,8-9,11H2,(H2,20,21,25). The molecule has 1 heterocycles. The fourth-order valence-electron chi connectivity index (χ4n) is 2.62. The highest BCUT2D eigenvalue weighted by molar-refractivity contribution is 6.21. The van der Waals surface area contributed by atoms with Crippen molar-refractivity contribution >= 4 is 17.8 Å². The van der Waals surface area contributed by atoms with Gasteiger partial charge in [-0.05, 0) is 29.8 Å². The summed E-state index contributed by atoms with van der Waals surface area (Å²) in [6.45, 7) is 0.386. The van der Waals surface area contributed by atoms with Crippen LogP contribution in [0.5, 0.6) is 0 Å². The lowest BCUT2D eigenvalue weighted by atomic mass is 10.1. The van der Waals surface area contributed by atoms with Crippen molar-refractivity contribution in [3.8, 4) is 0 Å². The molecule has 0 saturated heterocycles. The van der Waals surface area contributed by atoms with Crippen molar-refractivity contribution in [1.82, 2.24) is 15.5 Å². The molecule has 3 rings (SSSR count). The summed E-state index contributed by atoms with van der Waals surface area (Å²) < 4.78 is 13.1. The first-order valence-corrected chi connectivity index (χ1v) is 7.77. The van der Waals surface area contributed by atoms with Gasteiger partial charge in [0, 0.05) is 19.6 Å². The summed E-state index contributed by atoms with van der Waals surface area (Å²) in [5.41, 5.74) is 1.39. The number of carbonyl (C=O) groups excluding carboxylic acids is 3. The Bertz CT molecular complexity index is 803. The number of halogens is 1. The number of hydrogen-bond acceptors (Lipinski definition) is 3. The first-order chi connectivity index (χ1) is 12.1. The van der Waals surface area contributed by atoms with Gasteiger partial charge in [0.05, 0.1) is 11.1 Å². The maximum absolute atomic E-state index is 13.1. The number of fused-ring (bicyclic) bond motifs is 1. The van der Waals surface area contributed by atoms with Crippen LogP contribution in [0.1, 0.15) is 26.3 Å². The van der Waals surface area contributed by atoms with Crippen molar-refractivity contribution in [1.29, 1.82) is 0 Å². The third-order valence-corrected chi connectivity index (χ3v) is 3.84. The molecule has 6 nitrogen and oxygen atoms in total. The highest BCUT2D eigenvalue weighted by Crippen LogP contribution is 2.21. The van der Waals surface area contributed by atoms with Gasteiger partial charge in [0.25, 0.3) is 11.8 Å². The van der Waals surface area contributed by atoms with Gasteiger partial charge in [0.1, 0.15) is 5.82 Å². The molecule has 0 saturated carbocycles. The Morgan fingerprint density at radius 3 is 2.28 bits per heavy atom. The second-order valence-electron chi connectivity index (χ2n) is 5.55. The Balaban J connectivity index is 1.46. The number of rotatable bonds is 5. The maximum atomic E-state index is 13.1. The number of carbonyl (C=O) groups is 3. The van der Waals surface area contributed by atoms with Gasteiger partial charge in [-0.2, -0.15) is 0 Å². The van der Waals surface area contributed by atoms with Gasteiger partial charge in [-0.25, -0.2) is 9.18 Å². The monoisotopic (exact) mass is 341 g/mol. The van der Waals surface area contributed by atoms with Crippen LogP contribution in [0.4, 0.5) is 9.18 Å². The van der Waals surface area contributed by atoms with Gasteiger partial charge >= 0.3 is 6.03 Å². The molecule has 7 heteroatoms. The van der Waals surface area contributed by atoms with Crippen LogP contribution in [0.15, 0.2) is 48.5 Å². The smallest absolute Gasteiger partial charge is 0.315 e. The minimum Gasteiger partial charge on any atom is -0.336 e. The van der Waals surface area contributed by atoms with Crippen LogP contribution in [0, 0.1) is 5.82 Å².